The molecule has 144 valence electrons. The van der Waals surface area contributed by atoms with Crippen molar-refractivity contribution in [2.75, 3.05) is 10.6 Å². The Bertz CT molecular complexity index is 1040. The lowest BCUT2D eigenvalue weighted by atomic mass is 10.2. The van der Waals surface area contributed by atoms with Crippen LogP contribution in [0.25, 0.3) is 5.52 Å². The van der Waals surface area contributed by atoms with Crippen molar-refractivity contribution in [3.63, 3.8) is 0 Å². The smallest absolute Gasteiger partial charge is 0.287 e. The first-order chi connectivity index (χ1) is 13.3. The molecule has 1 aromatic carbocycles. The highest BCUT2D eigenvalue weighted by atomic mass is 16.2. The van der Waals surface area contributed by atoms with Gasteiger partial charge in [-0.1, -0.05) is 6.07 Å². The number of carbonyl (C=O) groups excluding carboxylic acids is 3. The average Bonchev–Trinajstić information content (AvgIpc) is 3.02. The Labute approximate surface area is 162 Å². The molecule has 3 aromatic rings. The molecular weight excluding hydrogens is 358 g/mol. The van der Waals surface area contributed by atoms with Crippen molar-refractivity contribution in [2.24, 2.45) is 0 Å². The largest absolute Gasteiger partial charge is 0.347 e. The van der Waals surface area contributed by atoms with Crippen molar-refractivity contribution >= 4 is 34.6 Å². The van der Waals surface area contributed by atoms with E-state index in [0.29, 0.717) is 16.9 Å². The minimum atomic E-state index is -0.431. The first kappa shape index (κ1) is 19.1. The van der Waals surface area contributed by atoms with E-state index in [-0.39, 0.29) is 29.4 Å². The van der Waals surface area contributed by atoms with E-state index in [2.05, 4.69) is 20.9 Å². The van der Waals surface area contributed by atoms with Crippen molar-refractivity contribution in [1.82, 2.24) is 14.7 Å². The number of hydrogen-bond donors (Lipinski definition) is 3. The molecule has 2 heterocycles. The zero-order valence-electron chi connectivity index (χ0n) is 15.8. The number of anilines is 2. The highest BCUT2D eigenvalue weighted by molar-refractivity contribution is 6.09. The van der Waals surface area contributed by atoms with Crippen LogP contribution in [0.2, 0.25) is 0 Å². The molecule has 0 spiro atoms. The summed E-state index contributed by atoms with van der Waals surface area (Å²) in [7, 11) is 0. The SMILES string of the molecule is CC(=O)Nc1ccc(NC(=O)c2nc(C(=O)NC(C)C)n3ccccc23)cc1. The van der Waals surface area contributed by atoms with E-state index >= 15 is 0 Å². The average molecular weight is 379 g/mol. The Balaban J connectivity index is 1.87. The van der Waals surface area contributed by atoms with Gasteiger partial charge in [-0.15, -0.1) is 0 Å². The second-order valence-corrected chi connectivity index (χ2v) is 6.58. The number of nitrogens with one attached hydrogen (secondary N) is 3. The zero-order chi connectivity index (χ0) is 20.3. The number of carbonyl (C=O) groups is 3. The molecule has 8 nitrogen and oxygen atoms in total. The molecule has 3 N–H and O–H groups in total. The minimum Gasteiger partial charge on any atom is -0.347 e. The molecule has 0 aliphatic carbocycles. The third-order valence-electron chi connectivity index (χ3n) is 3.85. The first-order valence-corrected chi connectivity index (χ1v) is 8.82. The molecule has 3 rings (SSSR count). The number of imidazole rings is 1. The molecule has 0 bridgehead atoms. The second-order valence-electron chi connectivity index (χ2n) is 6.58. The van der Waals surface area contributed by atoms with Crippen LogP contribution in [0.1, 0.15) is 41.9 Å². The van der Waals surface area contributed by atoms with Crippen LogP contribution in [0.4, 0.5) is 11.4 Å². The summed E-state index contributed by atoms with van der Waals surface area (Å²) in [5.74, 6) is -0.807. The molecule has 0 atom stereocenters. The van der Waals surface area contributed by atoms with Gasteiger partial charge < -0.3 is 16.0 Å². The minimum absolute atomic E-state index is 0.0528. The lowest BCUT2D eigenvalue weighted by molar-refractivity contribution is -0.114. The van der Waals surface area contributed by atoms with Gasteiger partial charge in [-0.25, -0.2) is 4.98 Å². The van der Waals surface area contributed by atoms with Gasteiger partial charge in [-0.2, -0.15) is 0 Å². The van der Waals surface area contributed by atoms with Gasteiger partial charge in [0.25, 0.3) is 11.8 Å². The Morgan fingerprint density at radius 1 is 0.929 bits per heavy atom. The third kappa shape index (κ3) is 4.17. The summed E-state index contributed by atoms with van der Waals surface area (Å²) >= 11 is 0. The maximum Gasteiger partial charge on any atom is 0.287 e. The van der Waals surface area contributed by atoms with Crippen LogP contribution in [0.5, 0.6) is 0 Å². The molecule has 0 aliphatic rings. The van der Waals surface area contributed by atoms with E-state index in [4.69, 9.17) is 0 Å². The Morgan fingerprint density at radius 2 is 1.57 bits per heavy atom. The fourth-order valence-corrected chi connectivity index (χ4v) is 2.72. The quantitative estimate of drug-likeness (QED) is 0.634. The summed E-state index contributed by atoms with van der Waals surface area (Å²) in [6, 6.07) is 11.9. The normalized spacial score (nSPS) is 10.7. The highest BCUT2D eigenvalue weighted by Crippen LogP contribution is 2.18. The zero-order valence-corrected chi connectivity index (χ0v) is 15.8. The van der Waals surface area contributed by atoms with Crippen molar-refractivity contribution in [2.45, 2.75) is 26.8 Å². The van der Waals surface area contributed by atoms with E-state index in [9.17, 15) is 14.4 Å². The van der Waals surface area contributed by atoms with E-state index in [0.717, 1.165) is 0 Å². The number of benzene rings is 1. The lowest BCUT2D eigenvalue weighted by Gasteiger charge is -2.06. The van der Waals surface area contributed by atoms with Gasteiger partial charge in [-0.3, -0.25) is 18.8 Å². The number of amides is 3. The number of hydrogen-bond acceptors (Lipinski definition) is 4. The second kappa shape index (κ2) is 7.91. The molecule has 3 amide bonds. The van der Waals surface area contributed by atoms with Gasteiger partial charge in [-0.05, 0) is 50.2 Å². The van der Waals surface area contributed by atoms with E-state index in [1.54, 1.807) is 53.1 Å². The number of pyridine rings is 1. The van der Waals surface area contributed by atoms with Gasteiger partial charge in [0.15, 0.2) is 5.69 Å². The maximum absolute atomic E-state index is 12.8. The van der Waals surface area contributed by atoms with Crippen LogP contribution in [0.15, 0.2) is 48.7 Å². The summed E-state index contributed by atoms with van der Waals surface area (Å²) in [5, 5.41) is 8.21. The summed E-state index contributed by atoms with van der Waals surface area (Å²) in [6.45, 7) is 5.13. The third-order valence-corrected chi connectivity index (χ3v) is 3.85. The number of nitrogens with zero attached hydrogens (tertiary/aromatic N) is 2. The summed E-state index contributed by atoms with van der Waals surface area (Å²) < 4.78 is 1.59. The summed E-state index contributed by atoms with van der Waals surface area (Å²) in [5.41, 5.74) is 1.86. The van der Waals surface area contributed by atoms with Gasteiger partial charge in [0.1, 0.15) is 0 Å². The van der Waals surface area contributed by atoms with Gasteiger partial charge in [0.05, 0.1) is 5.52 Å². The first-order valence-electron chi connectivity index (χ1n) is 8.82. The van der Waals surface area contributed by atoms with Crippen LogP contribution in [0.3, 0.4) is 0 Å². The molecule has 28 heavy (non-hydrogen) atoms. The predicted molar refractivity (Wildman–Crippen MR) is 106 cm³/mol. The Hall–Kier alpha value is -3.68. The van der Waals surface area contributed by atoms with Crippen molar-refractivity contribution < 1.29 is 14.4 Å². The lowest BCUT2D eigenvalue weighted by Crippen LogP contribution is -2.31. The molecular formula is C20H21N5O3. The molecule has 2 aromatic heterocycles. The Morgan fingerprint density at radius 3 is 2.18 bits per heavy atom. The van der Waals surface area contributed by atoms with Gasteiger partial charge in [0.2, 0.25) is 11.7 Å². The van der Waals surface area contributed by atoms with Crippen LogP contribution >= 0.6 is 0 Å². The van der Waals surface area contributed by atoms with E-state index in [1.165, 1.54) is 6.92 Å². The van der Waals surface area contributed by atoms with Crippen LogP contribution in [-0.4, -0.2) is 33.1 Å². The number of rotatable bonds is 5. The Kier molecular flexibility index (Phi) is 5.39. The molecule has 0 saturated heterocycles. The number of fused-ring (bicyclic) bond motifs is 1. The van der Waals surface area contributed by atoms with Gasteiger partial charge in [0, 0.05) is 30.5 Å². The standard InChI is InChI=1S/C20H21N5O3/c1-12(2)21-20(28)18-24-17(16-6-4-5-11-25(16)18)19(27)23-15-9-7-14(8-10-15)22-13(3)26/h4-12H,1-3H3,(H,21,28)(H,22,26)(H,23,27). The van der Waals surface area contributed by atoms with Crippen molar-refractivity contribution in [1.29, 1.82) is 0 Å². The fraction of sp³-hybridized carbons (Fsp3) is 0.200. The van der Waals surface area contributed by atoms with E-state index in [1.807, 2.05) is 13.8 Å². The monoisotopic (exact) mass is 379 g/mol. The van der Waals surface area contributed by atoms with E-state index < -0.39 is 5.91 Å². The molecule has 8 heteroatoms. The molecule has 0 unspecified atom stereocenters. The molecule has 0 aliphatic heterocycles. The highest BCUT2D eigenvalue weighted by Gasteiger charge is 2.21. The predicted octanol–water partition coefficient (Wildman–Crippen LogP) is 2.68. The summed E-state index contributed by atoms with van der Waals surface area (Å²) in [4.78, 5) is 40.6. The maximum atomic E-state index is 12.8. The van der Waals surface area contributed by atoms with Crippen LogP contribution < -0.4 is 16.0 Å². The van der Waals surface area contributed by atoms with Crippen LogP contribution in [-0.2, 0) is 4.79 Å². The van der Waals surface area contributed by atoms with Crippen LogP contribution in [0, 0.1) is 0 Å². The number of aromatic nitrogens is 2. The van der Waals surface area contributed by atoms with Crippen molar-refractivity contribution in [3.05, 3.63) is 60.2 Å². The molecule has 0 saturated carbocycles. The molecule has 0 fully saturated rings. The van der Waals surface area contributed by atoms with Crippen molar-refractivity contribution in [3.8, 4) is 0 Å². The topological polar surface area (TPSA) is 105 Å². The fourth-order valence-electron chi connectivity index (χ4n) is 2.72. The summed E-state index contributed by atoms with van der Waals surface area (Å²) in [6.07, 6.45) is 1.69. The molecule has 0 radical (unpaired) electrons. The van der Waals surface area contributed by atoms with Gasteiger partial charge >= 0.3 is 0 Å².